The fourth-order valence-corrected chi connectivity index (χ4v) is 4.17. The number of ketones is 1. The molecule has 2 aromatic carbocycles. The number of benzene rings is 2. The second-order valence-corrected chi connectivity index (χ2v) is 7.67. The van der Waals surface area contributed by atoms with E-state index in [1.807, 2.05) is 64.7 Å². The second kappa shape index (κ2) is 7.94. The highest BCUT2D eigenvalue weighted by molar-refractivity contribution is 7.07. The topological polar surface area (TPSA) is 54.7 Å². The van der Waals surface area contributed by atoms with Gasteiger partial charge in [0, 0.05) is 35.9 Å². The molecule has 0 aliphatic carbocycles. The van der Waals surface area contributed by atoms with Gasteiger partial charge in [-0.3, -0.25) is 9.36 Å². The van der Waals surface area contributed by atoms with Crippen molar-refractivity contribution in [2.45, 2.75) is 19.8 Å². The molecule has 28 heavy (non-hydrogen) atoms. The Hall–Kier alpha value is -2.99. The van der Waals surface area contributed by atoms with Crippen molar-refractivity contribution in [3.63, 3.8) is 0 Å². The molecule has 0 atom stereocenters. The highest BCUT2D eigenvalue weighted by Gasteiger charge is 2.17. The van der Waals surface area contributed by atoms with Crippen LogP contribution in [0.5, 0.6) is 0 Å². The SMILES string of the molecule is CC(=O)c1ccccc1-c1ccc(-n2ccsc2=NC(=O)N2CCCC2)cc1. The average molecular weight is 391 g/mol. The Balaban J connectivity index is 1.65. The van der Waals surface area contributed by atoms with Gasteiger partial charge in [-0.1, -0.05) is 36.4 Å². The van der Waals surface area contributed by atoms with Gasteiger partial charge in [0.1, 0.15) is 0 Å². The van der Waals surface area contributed by atoms with E-state index in [-0.39, 0.29) is 11.8 Å². The molecular weight excluding hydrogens is 370 g/mol. The molecule has 5 nitrogen and oxygen atoms in total. The molecule has 3 aromatic rings. The number of aromatic nitrogens is 1. The van der Waals surface area contributed by atoms with Crippen LogP contribution in [0.2, 0.25) is 0 Å². The Bertz CT molecular complexity index is 1070. The Morgan fingerprint density at radius 3 is 2.43 bits per heavy atom. The molecule has 0 saturated carbocycles. The maximum atomic E-state index is 12.4. The number of nitrogens with zero attached hydrogens (tertiary/aromatic N) is 3. The number of hydrogen-bond donors (Lipinski definition) is 0. The van der Waals surface area contributed by atoms with Crippen molar-refractivity contribution < 1.29 is 9.59 Å². The van der Waals surface area contributed by atoms with Gasteiger partial charge in [-0.05, 0) is 43.0 Å². The lowest BCUT2D eigenvalue weighted by Crippen LogP contribution is -2.27. The molecule has 1 aromatic heterocycles. The van der Waals surface area contributed by atoms with E-state index in [1.54, 1.807) is 11.8 Å². The molecule has 0 N–H and O–H groups in total. The lowest BCUT2D eigenvalue weighted by Gasteiger charge is -2.11. The summed E-state index contributed by atoms with van der Waals surface area (Å²) >= 11 is 1.44. The van der Waals surface area contributed by atoms with Crippen LogP contribution in [0.1, 0.15) is 30.1 Å². The van der Waals surface area contributed by atoms with Crippen LogP contribution in [0.25, 0.3) is 16.8 Å². The van der Waals surface area contributed by atoms with E-state index in [0.29, 0.717) is 10.4 Å². The van der Waals surface area contributed by atoms with Gasteiger partial charge >= 0.3 is 6.03 Å². The maximum absolute atomic E-state index is 12.4. The molecule has 2 amide bonds. The summed E-state index contributed by atoms with van der Waals surface area (Å²) < 4.78 is 1.92. The molecule has 1 saturated heterocycles. The zero-order valence-corrected chi connectivity index (χ0v) is 16.5. The number of likely N-dealkylation sites (tertiary alicyclic amines) is 1. The molecule has 1 aliphatic heterocycles. The minimum absolute atomic E-state index is 0.0494. The van der Waals surface area contributed by atoms with Crippen molar-refractivity contribution in [3.8, 4) is 16.8 Å². The summed E-state index contributed by atoms with van der Waals surface area (Å²) in [6.45, 7) is 3.16. The molecule has 2 heterocycles. The van der Waals surface area contributed by atoms with Gasteiger partial charge in [0.15, 0.2) is 10.6 Å². The molecule has 1 aliphatic rings. The van der Waals surface area contributed by atoms with E-state index in [9.17, 15) is 9.59 Å². The van der Waals surface area contributed by atoms with Gasteiger partial charge in [-0.15, -0.1) is 11.3 Å². The van der Waals surface area contributed by atoms with Gasteiger partial charge in [0.2, 0.25) is 0 Å². The quantitative estimate of drug-likeness (QED) is 0.616. The van der Waals surface area contributed by atoms with Crippen LogP contribution in [0.15, 0.2) is 65.1 Å². The van der Waals surface area contributed by atoms with E-state index in [2.05, 4.69) is 4.99 Å². The minimum atomic E-state index is -0.166. The molecule has 4 rings (SSSR count). The van der Waals surface area contributed by atoms with Crippen LogP contribution in [0, 0.1) is 0 Å². The average Bonchev–Trinajstić information content (AvgIpc) is 3.40. The lowest BCUT2D eigenvalue weighted by atomic mass is 9.97. The number of carbonyl (C=O) groups excluding carboxylic acids is 2. The first-order chi connectivity index (χ1) is 13.6. The third-order valence-corrected chi connectivity index (χ3v) is 5.68. The van der Waals surface area contributed by atoms with E-state index in [1.165, 1.54) is 11.3 Å². The van der Waals surface area contributed by atoms with Crippen LogP contribution in [-0.2, 0) is 0 Å². The standard InChI is InChI=1S/C22H21N3O2S/c1-16(26)19-6-2-3-7-20(19)17-8-10-18(11-9-17)25-14-15-28-22(25)23-21(27)24-12-4-5-13-24/h2-3,6-11,14-15H,4-5,12-13H2,1H3. The van der Waals surface area contributed by atoms with E-state index >= 15 is 0 Å². The monoisotopic (exact) mass is 391 g/mol. The van der Waals surface area contributed by atoms with E-state index < -0.39 is 0 Å². The highest BCUT2D eigenvalue weighted by Crippen LogP contribution is 2.25. The zero-order chi connectivity index (χ0) is 19.5. The smallest absolute Gasteiger partial charge is 0.323 e. The predicted molar refractivity (Wildman–Crippen MR) is 111 cm³/mol. The van der Waals surface area contributed by atoms with Crippen molar-refractivity contribution in [1.29, 1.82) is 0 Å². The Labute approximate surface area is 167 Å². The van der Waals surface area contributed by atoms with Crippen molar-refractivity contribution in [2.24, 2.45) is 4.99 Å². The van der Waals surface area contributed by atoms with Gasteiger partial charge in [0.05, 0.1) is 0 Å². The maximum Gasteiger partial charge on any atom is 0.346 e. The predicted octanol–water partition coefficient (Wildman–Crippen LogP) is 4.52. The van der Waals surface area contributed by atoms with Gasteiger partial charge in [0.25, 0.3) is 0 Å². The summed E-state index contributed by atoms with van der Waals surface area (Å²) in [4.78, 5) is 31.0. The first-order valence-electron chi connectivity index (χ1n) is 9.34. The summed E-state index contributed by atoms with van der Waals surface area (Å²) in [5, 5.41) is 1.93. The number of rotatable bonds is 3. The van der Waals surface area contributed by atoms with Gasteiger partial charge < -0.3 is 4.90 Å². The summed E-state index contributed by atoms with van der Waals surface area (Å²) in [6.07, 6.45) is 4.02. The van der Waals surface area contributed by atoms with Crippen LogP contribution in [0.3, 0.4) is 0 Å². The fraction of sp³-hybridized carbons (Fsp3) is 0.227. The number of Topliss-reactive ketones (excluding diaryl/α,β-unsaturated/α-hetero) is 1. The zero-order valence-electron chi connectivity index (χ0n) is 15.7. The fourth-order valence-electron chi connectivity index (χ4n) is 3.45. The third-order valence-electron chi connectivity index (χ3n) is 4.92. The first-order valence-corrected chi connectivity index (χ1v) is 10.2. The molecule has 0 unspecified atom stereocenters. The molecule has 142 valence electrons. The molecule has 6 heteroatoms. The molecular formula is C22H21N3O2S. The third kappa shape index (κ3) is 3.68. The van der Waals surface area contributed by atoms with Gasteiger partial charge in [-0.2, -0.15) is 4.99 Å². The molecule has 0 spiro atoms. The molecule has 0 radical (unpaired) electrons. The van der Waals surface area contributed by atoms with Crippen molar-refractivity contribution in [2.75, 3.05) is 13.1 Å². The second-order valence-electron chi connectivity index (χ2n) is 6.79. The number of thiazole rings is 1. The number of urea groups is 1. The van der Waals surface area contributed by atoms with Crippen LogP contribution in [-0.4, -0.2) is 34.4 Å². The summed E-state index contributed by atoms with van der Waals surface area (Å²) in [5.74, 6) is 0.0494. The van der Waals surface area contributed by atoms with Crippen LogP contribution >= 0.6 is 11.3 Å². The molecule has 0 bridgehead atoms. The van der Waals surface area contributed by atoms with Crippen LogP contribution < -0.4 is 4.80 Å². The molecule has 1 fully saturated rings. The van der Waals surface area contributed by atoms with Crippen molar-refractivity contribution in [3.05, 3.63) is 70.5 Å². The highest BCUT2D eigenvalue weighted by atomic mass is 32.1. The number of hydrogen-bond acceptors (Lipinski definition) is 3. The van der Waals surface area contributed by atoms with E-state index in [0.717, 1.165) is 42.7 Å². The Morgan fingerprint density at radius 1 is 1.00 bits per heavy atom. The summed E-state index contributed by atoms with van der Waals surface area (Å²) in [6, 6.07) is 15.4. The largest absolute Gasteiger partial charge is 0.346 e. The number of amides is 2. The van der Waals surface area contributed by atoms with Crippen molar-refractivity contribution >= 4 is 23.2 Å². The van der Waals surface area contributed by atoms with E-state index in [4.69, 9.17) is 0 Å². The Kier molecular flexibility index (Phi) is 5.21. The van der Waals surface area contributed by atoms with Gasteiger partial charge in [-0.25, -0.2) is 4.79 Å². The summed E-state index contributed by atoms with van der Waals surface area (Å²) in [5.41, 5.74) is 3.55. The summed E-state index contributed by atoms with van der Waals surface area (Å²) in [7, 11) is 0. The normalized spacial score (nSPS) is 14.5. The minimum Gasteiger partial charge on any atom is -0.323 e. The first kappa shape index (κ1) is 18.4. The Morgan fingerprint density at radius 2 is 1.71 bits per heavy atom. The lowest BCUT2D eigenvalue weighted by molar-refractivity contribution is 0.101. The van der Waals surface area contributed by atoms with Crippen LogP contribution in [0.4, 0.5) is 4.79 Å². The van der Waals surface area contributed by atoms with Crippen molar-refractivity contribution in [1.82, 2.24) is 9.47 Å². The number of carbonyl (C=O) groups is 2.